The summed E-state index contributed by atoms with van der Waals surface area (Å²) < 4.78 is 35.9. The van der Waals surface area contributed by atoms with Crippen molar-refractivity contribution in [3.05, 3.63) is 29.8 Å². The van der Waals surface area contributed by atoms with Crippen molar-refractivity contribution in [3.63, 3.8) is 0 Å². The number of hydrogen-bond acceptors (Lipinski definition) is 6. The van der Waals surface area contributed by atoms with Crippen molar-refractivity contribution in [2.24, 2.45) is 0 Å². The first-order valence-corrected chi connectivity index (χ1v) is 6.29. The summed E-state index contributed by atoms with van der Waals surface area (Å²) in [7, 11) is -4.52. The zero-order chi connectivity index (χ0) is 13.5. The molecule has 8 heteroatoms. The van der Waals surface area contributed by atoms with Crippen LogP contribution in [0.3, 0.4) is 0 Å². The molecule has 1 heterocycles. The molecule has 0 saturated carbocycles. The molecule has 18 heavy (non-hydrogen) atoms. The van der Waals surface area contributed by atoms with Crippen molar-refractivity contribution in [2.45, 2.75) is 17.1 Å². The molecule has 0 aromatic heterocycles. The van der Waals surface area contributed by atoms with Gasteiger partial charge in [-0.15, -0.1) is 0 Å². The lowest BCUT2D eigenvalue weighted by Crippen LogP contribution is -2.20. The molecule has 2 rings (SSSR count). The zero-order valence-electron chi connectivity index (χ0n) is 8.90. The zero-order valence-corrected chi connectivity index (χ0v) is 9.72. The number of aliphatic hydroxyl groups excluding tert-OH is 1. The van der Waals surface area contributed by atoms with Gasteiger partial charge in [-0.1, -0.05) is 18.2 Å². The van der Waals surface area contributed by atoms with Gasteiger partial charge in [0.1, 0.15) is 5.92 Å². The Morgan fingerprint density at radius 2 is 1.89 bits per heavy atom. The molecule has 1 aromatic rings. The summed E-state index contributed by atoms with van der Waals surface area (Å²) in [6, 6.07) is 5.21. The average molecular weight is 271 g/mol. The van der Waals surface area contributed by atoms with E-state index in [0.717, 1.165) is 6.07 Å². The Morgan fingerprint density at radius 1 is 1.28 bits per heavy atom. The van der Waals surface area contributed by atoms with Gasteiger partial charge >= 0.3 is 0 Å². The molecule has 7 nitrogen and oxygen atoms in total. The summed E-state index contributed by atoms with van der Waals surface area (Å²) in [5.41, 5.74) is -0.0912. The molecule has 96 valence electrons. The van der Waals surface area contributed by atoms with E-state index in [9.17, 15) is 13.2 Å². The molecule has 0 amide bonds. The molecule has 0 aliphatic carbocycles. The quantitative estimate of drug-likeness (QED) is 0.646. The molecule has 1 aromatic carbocycles. The van der Waals surface area contributed by atoms with Crippen LogP contribution in [0, 0.1) is 5.41 Å². The predicted molar refractivity (Wildman–Crippen MR) is 58.8 cm³/mol. The normalized spacial score (nSPS) is 24.1. The van der Waals surface area contributed by atoms with Gasteiger partial charge in [-0.3, -0.25) is 14.8 Å². The van der Waals surface area contributed by atoms with Gasteiger partial charge in [-0.2, -0.15) is 8.42 Å². The van der Waals surface area contributed by atoms with E-state index in [1.165, 1.54) is 18.2 Å². The van der Waals surface area contributed by atoms with Crippen molar-refractivity contribution in [1.82, 2.24) is 0 Å². The fraction of sp³-hybridized carbons (Fsp3) is 0.200. The lowest BCUT2D eigenvalue weighted by atomic mass is 9.96. The Morgan fingerprint density at radius 3 is 2.39 bits per heavy atom. The third kappa shape index (κ3) is 2.01. The van der Waals surface area contributed by atoms with E-state index < -0.39 is 38.9 Å². The number of rotatable bonds is 2. The summed E-state index contributed by atoms with van der Waals surface area (Å²) >= 11 is 0. The van der Waals surface area contributed by atoms with Crippen LogP contribution in [-0.2, 0) is 19.6 Å². The Balaban J connectivity index is 2.60. The van der Waals surface area contributed by atoms with Crippen LogP contribution in [0.4, 0.5) is 0 Å². The van der Waals surface area contributed by atoms with Gasteiger partial charge in [0.15, 0.2) is 5.90 Å². The van der Waals surface area contributed by atoms with Gasteiger partial charge in [0.2, 0.25) is 5.78 Å². The molecular formula is C10H9NO6S. The minimum atomic E-state index is -4.52. The number of aliphatic hydroxyl groups is 1. The molecule has 0 radical (unpaired) electrons. The van der Waals surface area contributed by atoms with E-state index >= 15 is 0 Å². The third-order valence-electron chi connectivity index (χ3n) is 2.54. The first kappa shape index (κ1) is 12.7. The number of hydrogen-bond donors (Lipinski definition) is 3. The second kappa shape index (κ2) is 4.16. The van der Waals surface area contributed by atoms with Gasteiger partial charge in [0.05, 0.1) is 4.90 Å². The molecule has 1 fully saturated rings. The molecule has 1 aliphatic rings. The fourth-order valence-electron chi connectivity index (χ4n) is 1.77. The molecule has 3 N–H and O–H groups in total. The number of ketones is 1. The summed E-state index contributed by atoms with van der Waals surface area (Å²) in [6.07, 6.45) is -1.78. The van der Waals surface area contributed by atoms with E-state index in [-0.39, 0.29) is 5.56 Å². The number of Topliss-reactive ketones (excluding diaryl/α,β-unsaturated/α-hetero) is 1. The van der Waals surface area contributed by atoms with Crippen LogP contribution in [0.25, 0.3) is 0 Å². The number of ether oxygens (including phenoxy) is 1. The maximum Gasteiger partial charge on any atom is 0.294 e. The second-order valence-electron chi connectivity index (χ2n) is 3.68. The van der Waals surface area contributed by atoms with Gasteiger partial charge in [-0.05, 0) is 11.6 Å². The van der Waals surface area contributed by atoms with Crippen molar-refractivity contribution in [3.8, 4) is 0 Å². The SMILES string of the molecule is N=C1OC(O)C(=O)C1c1ccccc1S(=O)(=O)O. The minimum Gasteiger partial charge on any atom is -0.444 e. The average Bonchev–Trinajstić information content (AvgIpc) is 2.52. The minimum absolute atomic E-state index is 0.0912. The summed E-state index contributed by atoms with van der Waals surface area (Å²) in [5.74, 6) is -2.71. The first-order valence-electron chi connectivity index (χ1n) is 4.85. The predicted octanol–water partition coefficient (Wildman–Crippen LogP) is -0.0881. The van der Waals surface area contributed by atoms with E-state index in [2.05, 4.69) is 4.74 Å². The molecule has 2 unspecified atom stereocenters. The van der Waals surface area contributed by atoms with Crippen LogP contribution in [0.15, 0.2) is 29.2 Å². The largest absolute Gasteiger partial charge is 0.444 e. The Hall–Kier alpha value is -1.77. The first-order chi connectivity index (χ1) is 8.32. The maximum atomic E-state index is 11.6. The highest BCUT2D eigenvalue weighted by atomic mass is 32.2. The van der Waals surface area contributed by atoms with Gasteiger partial charge < -0.3 is 9.84 Å². The van der Waals surface area contributed by atoms with E-state index in [4.69, 9.17) is 15.1 Å². The molecule has 0 spiro atoms. The highest BCUT2D eigenvalue weighted by Crippen LogP contribution is 2.31. The fourth-order valence-corrected chi connectivity index (χ4v) is 2.50. The van der Waals surface area contributed by atoms with Crippen LogP contribution >= 0.6 is 0 Å². The van der Waals surface area contributed by atoms with Crippen molar-refractivity contribution in [1.29, 1.82) is 5.41 Å². The van der Waals surface area contributed by atoms with Gasteiger partial charge in [0.25, 0.3) is 16.4 Å². The third-order valence-corrected chi connectivity index (χ3v) is 3.46. The van der Waals surface area contributed by atoms with Gasteiger partial charge in [0, 0.05) is 0 Å². The summed E-state index contributed by atoms with van der Waals surface area (Å²) in [6.45, 7) is 0. The smallest absolute Gasteiger partial charge is 0.294 e. The Kier molecular flexibility index (Phi) is 2.93. The molecule has 2 atom stereocenters. The van der Waals surface area contributed by atoms with Crippen LogP contribution in [0.5, 0.6) is 0 Å². The van der Waals surface area contributed by atoms with E-state index in [1.54, 1.807) is 0 Å². The molecular weight excluding hydrogens is 262 g/mol. The van der Waals surface area contributed by atoms with E-state index in [1.807, 2.05) is 0 Å². The number of carbonyl (C=O) groups excluding carboxylic acids is 1. The number of nitrogens with one attached hydrogen (secondary N) is 1. The van der Waals surface area contributed by atoms with E-state index in [0.29, 0.717) is 0 Å². The molecule has 1 aliphatic heterocycles. The Bertz CT molecular complexity index is 623. The molecule has 1 saturated heterocycles. The lowest BCUT2D eigenvalue weighted by molar-refractivity contribution is -0.136. The highest BCUT2D eigenvalue weighted by molar-refractivity contribution is 7.85. The molecule has 0 bridgehead atoms. The van der Waals surface area contributed by atoms with Crippen molar-refractivity contribution < 1.29 is 27.6 Å². The summed E-state index contributed by atoms with van der Waals surface area (Å²) in [5, 5.41) is 16.6. The Labute approximate surface area is 102 Å². The van der Waals surface area contributed by atoms with Gasteiger partial charge in [-0.25, -0.2) is 0 Å². The number of carbonyl (C=O) groups is 1. The van der Waals surface area contributed by atoms with Crippen LogP contribution in [0.2, 0.25) is 0 Å². The van der Waals surface area contributed by atoms with Crippen LogP contribution < -0.4 is 0 Å². The highest BCUT2D eigenvalue weighted by Gasteiger charge is 2.42. The van der Waals surface area contributed by atoms with Crippen molar-refractivity contribution in [2.75, 3.05) is 0 Å². The van der Waals surface area contributed by atoms with Crippen LogP contribution in [-0.4, -0.2) is 36.0 Å². The topological polar surface area (TPSA) is 125 Å². The number of benzene rings is 1. The standard InChI is InChI=1S/C10H9NO6S/c11-9-7(8(12)10(13)17-9)5-3-1-2-4-6(5)18(14,15)16/h1-4,7,10-11,13H,(H,14,15,16). The summed E-state index contributed by atoms with van der Waals surface area (Å²) in [4.78, 5) is 11.1. The maximum absolute atomic E-state index is 11.6. The second-order valence-corrected chi connectivity index (χ2v) is 5.07. The lowest BCUT2D eigenvalue weighted by Gasteiger charge is -2.10. The van der Waals surface area contributed by atoms with Crippen LogP contribution in [0.1, 0.15) is 11.5 Å². The van der Waals surface area contributed by atoms with Crippen molar-refractivity contribution >= 4 is 21.8 Å². The monoisotopic (exact) mass is 271 g/mol.